The minimum absolute atomic E-state index is 0.198. The summed E-state index contributed by atoms with van der Waals surface area (Å²) in [6, 6.07) is 6.12. The molecule has 3 fully saturated rings. The first-order valence-electron chi connectivity index (χ1n) is 11.4. The topological polar surface area (TPSA) is 69.6 Å². The standard InChI is InChI=1S/C24H29ClN4O2/c25-21-13-18(17-3-1-10-26-14-17)15-27-22(21)28-11-2-8-24(16-28)9-12-29(23(24)31)19-4-6-20(30)7-5-19/h1,3,10,13-15,19-20,30H,2,4-9,11-12,16H2/t19-,20-,24-/m0/s1. The molecule has 0 radical (unpaired) electrons. The normalized spacial score (nSPS) is 29.0. The van der Waals surface area contributed by atoms with Gasteiger partial charge in [-0.15, -0.1) is 0 Å². The van der Waals surface area contributed by atoms with Crippen molar-refractivity contribution in [3.05, 3.63) is 41.8 Å². The van der Waals surface area contributed by atoms with Crippen LogP contribution in [0.3, 0.4) is 0 Å². The quantitative estimate of drug-likeness (QED) is 0.783. The van der Waals surface area contributed by atoms with Gasteiger partial charge in [0.15, 0.2) is 0 Å². The highest BCUT2D eigenvalue weighted by Crippen LogP contribution is 2.44. The van der Waals surface area contributed by atoms with E-state index in [1.54, 1.807) is 12.4 Å². The molecule has 1 atom stereocenters. The summed E-state index contributed by atoms with van der Waals surface area (Å²) in [5.41, 5.74) is 1.59. The molecule has 164 valence electrons. The van der Waals surface area contributed by atoms with Crippen LogP contribution < -0.4 is 4.90 Å². The monoisotopic (exact) mass is 440 g/mol. The van der Waals surface area contributed by atoms with Crippen LogP contribution in [-0.4, -0.2) is 57.7 Å². The molecule has 5 rings (SSSR count). The molecule has 2 aliphatic heterocycles. The van der Waals surface area contributed by atoms with Crippen molar-refractivity contribution in [3.63, 3.8) is 0 Å². The summed E-state index contributed by atoms with van der Waals surface area (Å²) in [5.74, 6) is 1.06. The number of amides is 1. The largest absolute Gasteiger partial charge is 0.393 e. The van der Waals surface area contributed by atoms with Gasteiger partial charge in [0, 0.05) is 55.4 Å². The minimum Gasteiger partial charge on any atom is -0.393 e. The zero-order valence-corrected chi connectivity index (χ0v) is 18.5. The van der Waals surface area contributed by atoms with Gasteiger partial charge in [-0.3, -0.25) is 9.78 Å². The number of anilines is 1. The van der Waals surface area contributed by atoms with Crippen molar-refractivity contribution in [3.8, 4) is 11.1 Å². The van der Waals surface area contributed by atoms with E-state index >= 15 is 0 Å². The number of rotatable bonds is 3. The van der Waals surface area contributed by atoms with Crippen LogP contribution in [0, 0.1) is 5.41 Å². The number of hydrogen-bond donors (Lipinski definition) is 1. The lowest BCUT2D eigenvalue weighted by Crippen LogP contribution is -2.50. The molecule has 2 aromatic rings. The lowest BCUT2D eigenvalue weighted by molar-refractivity contribution is -0.139. The van der Waals surface area contributed by atoms with Crippen molar-refractivity contribution in [2.24, 2.45) is 5.41 Å². The van der Waals surface area contributed by atoms with Crippen molar-refractivity contribution >= 4 is 23.3 Å². The Morgan fingerprint density at radius 3 is 2.68 bits per heavy atom. The lowest BCUT2D eigenvalue weighted by atomic mass is 9.78. The maximum atomic E-state index is 13.5. The number of carbonyl (C=O) groups excluding carboxylic acids is 1. The Morgan fingerprint density at radius 1 is 1.10 bits per heavy atom. The molecule has 2 saturated heterocycles. The molecule has 1 amide bonds. The van der Waals surface area contributed by atoms with Gasteiger partial charge in [-0.05, 0) is 57.1 Å². The number of halogens is 1. The van der Waals surface area contributed by atoms with E-state index in [1.165, 1.54) is 0 Å². The number of aliphatic hydroxyl groups is 1. The molecular weight excluding hydrogens is 412 g/mol. The number of aromatic nitrogens is 2. The van der Waals surface area contributed by atoms with E-state index in [-0.39, 0.29) is 17.6 Å². The van der Waals surface area contributed by atoms with Crippen LogP contribution in [-0.2, 0) is 4.79 Å². The fraction of sp³-hybridized carbons (Fsp3) is 0.542. The molecule has 1 aliphatic carbocycles. The van der Waals surface area contributed by atoms with E-state index < -0.39 is 0 Å². The van der Waals surface area contributed by atoms with Gasteiger partial charge in [-0.1, -0.05) is 17.7 Å². The molecule has 1 spiro atoms. The first-order valence-corrected chi connectivity index (χ1v) is 11.7. The van der Waals surface area contributed by atoms with E-state index in [1.807, 2.05) is 24.4 Å². The Labute approximate surface area is 188 Å². The average Bonchev–Trinajstić information content (AvgIpc) is 3.10. The summed E-state index contributed by atoms with van der Waals surface area (Å²) in [6.07, 6.45) is 11.4. The molecule has 1 N–H and O–H groups in total. The summed E-state index contributed by atoms with van der Waals surface area (Å²) >= 11 is 6.66. The molecule has 31 heavy (non-hydrogen) atoms. The van der Waals surface area contributed by atoms with Gasteiger partial charge in [-0.25, -0.2) is 4.98 Å². The predicted octanol–water partition coefficient (Wildman–Crippen LogP) is 3.92. The summed E-state index contributed by atoms with van der Waals surface area (Å²) < 4.78 is 0. The van der Waals surface area contributed by atoms with E-state index in [9.17, 15) is 9.90 Å². The van der Waals surface area contributed by atoms with Crippen LogP contribution in [0.2, 0.25) is 5.02 Å². The van der Waals surface area contributed by atoms with Crippen LogP contribution in [0.1, 0.15) is 44.9 Å². The Kier molecular flexibility index (Phi) is 5.61. The maximum absolute atomic E-state index is 13.5. The van der Waals surface area contributed by atoms with Crippen LogP contribution >= 0.6 is 11.6 Å². The van der Waals surface area contributed by atoms with Crippen molar-refractivity contribution in [2.45, 2.75) is 57.1 Å². The van der Waals surface area contributed by atoms with Gasteiger partial charge in [0.05, 0.1) is 16.5 Å². The second kappa shape index (κ2) is 8.40. The van der Waals surface area contributed by atoms with Crippen molar-refractivity contribution in [1.82, 2.24) is 14.9 Å². The molecule has 0 aromatic carbocycles. The number of pyridine rings is 2. The smallest absolute Gasteiger partial charge is 0.230 e. The van der Waals surface area contributed by atoms with Crippen LogP contribution in [0.15, 0.2) is 36.8 Å². The molecule has 2 aromatic heterocycles. The first-order chi connectivity index (χ1) is 15.1. The Bertz CT molecular complexity index is 948. The fourth-order valence-electron chi connectivity index (χ4n) is 5.61. The molecule has 6 nitrogen and oxygen atoms in total. The summed E-state index contributed by atoms with van der Waals surface area (Å²) in [6.45, 7) is 2.37. The summed E-state index contributed by atoms with van der Waals surface area (Å²) in [5, 5.41) is 10.4. The van der Waals surface area contributed by atoms with Crippen molar-refractivity contribution in [2.75, 3.05) is 24.5 Å². The van der Waals surface area contributed by atoms with Crippen LogP contribution in [0.25, 0.3) is 11.1 Å². The maximum Gasteiger partial charge on any atom is 0.230 e. The predicted molar refractivity (Wildman–Crippen MR) is 121 cm³/mol. The third kappa shape index (κ3) is 3.92. The highest BCUT2D eigenvalue weighted by molar-refractivity contribution is 6.33. The third-order valence-electron chi connectivity index (χ3n) is 7.35. The van der Waals surface area contributed by atoms with Gasteiger partial charge in [-0.2, -0.15) is 0 Å². The van der Waals surface area contributed by atoms with E-state index in [0.29, 0.717) is 17.5 Å². The summed E-state index contributed by atoms with van der Waals surface area (Å²) in [4.78, 5) is 26.7. The third-order valence-corrected chi connectivity index (χ3v) is 7.62. The van der Waals surface area contributed by atoms with Gasteiger partial charge >= 0.3 is 0 Å². The van der Waals surface area contributed by atoms with Crippen LogP contribution in [0.5, 0.6) is 0 Å². The number of hydrogen-bond acceptors (Lipinski definition) is 5. The van der Waals surface area contributed by atoms with Crippen molar-refractivity contribution < 1.29 is 9.90 Å². The number of nitrogens with zero attached hydrogens (tertiary/aromatic N) is 4. The average molecular weight is 441 g/mol. The number of piperidine rings is 1. The Morgan fingerprint density at radius 2 is 1.94 bits per heavy atom. The summed E-state index contributed by atoms with van der Waals surface area (Å²) in [7, 11) is 0. The second-order valence-electron chi connectivity index (χ2n) is 9.29. The van der Waals surface area contributed by atoms with E-state index in [2.05, 4.69) is 19.8 Å². The van der Waals surface area contributed by atoms with Gasteiger partial charge in [0.2, 0.25) is 5.91 Å². The molecule has 3 aliphatic rings. The Balaban J connectivity index is 1.33. The first kappa shape index (κ1) is 20.7. The highest BCUT2D eigenvalue weighted by Gasteiger charge is 2.51. The van der Waals surface area contributed by atoms with E-state index in [0.717, 1.165) is 75.0 Å². The molecule has 4 heterocycles. The molecule has 0 bridgehead atoms. The number of carbonyl (C=O) groups is 1. The number of aliphatic hydroxyl groups excluding tert-OH is 1. The molecule has 1 saturated carbocycles. The van der Waals surface area contributed by atoms with Gasteiger partial charge in [0.1, 0.15) is 5.82 Å². The van der Waals surface area contributed by atoms with Crippen molar-refractivity contribution in [1.29, 1.82) is 0 Å². The zero-order chi connectivity index (χ0) is 21.4. The van der Waals surface area contributed by atoms with Gasteiger partial charge in [0.25, 0.3) is 0 Å². The van der Waals surface area contributed by atoms with Gasteiger partial charge < -0.3 is 14.9 Å². The zero-order valence-electron chi connectivity index (χ0n) is 17.7. The molecule has 0 unspecified atom stereocenters. The minimum atomic E-state index is -0.332. The number of likely N-dealkylation sites (tertiary alicyclic amines) is 1. The highest BCUT2D eigenvalue weighted by atomic mass is 35.5. The second-order valence-corrected chi connectivity index (χ2v) is 9.69. The SMILES string of the molecule is O=C1N([C@H]2CC[C@H](O)CC2)CC[C@]12CCCN(c1ncc(-c3cccnc3)cc1Cl)C2. The molecular formula is C24H29ClN4O2. The fourth-order valence-corrected chi connectivity index (χ4v) is 5.90. The molecule has 7 heteroatoms. The van der Waals surface area contributed by atoms with Crippen LogP contribution in [0.4, 0.5) is 5.82 Å². The van der Waals surface area contributed by atoms with E-state index in [4.69, 9.17) is 11.6 Å². The lowest BCUT2D eigenvalue weighted by Gasteiger charge is -2.41. The Hall–Kier alpha value is -2.18.